The summed E-state index contributed by atoms with van der Waals surface area (Å²) in [5.74, 6) is -0.143. The number of imide groups is 1. The van der Waals surface area contributed by atoms with Crippen molar-refractivity contribution in [2.45, 2.75) is 26.8 Å². The summed E-state index contributed by atoms with van der Waals surface area (Å²) in [5.41, 5.74) is 0.356. The van der Waals surface area contributed by atoms with Crippen LogP contribution < -0.4 is 0 Å². The first-order chi connectivity index (χ1) is 6.45. The highest BCUT2D eigenvalue weighted by Gasteiger charge is 2.39. The molecule has 0 N–H and O–H groups in total. The minimum atomic E-state index is -0.559. The number of ether oxygens (including phenoxy) is 1. The lowest BCUT2D eigenvalue weighted by Gasteiger charge is -2.22. The van der Waals surface area contributed by atoms with Gasteiger partial charge in [0.05, 0.1) is 6.04 Å². The molecule has 0 aromatic carbocycles. The van der Waals surface area contributed by atoms with Gasteiger partial charge in [-0.25, -0.2) is 9.69 Å². The third-order valence-electron chi connectivity index (χ3n) is 2.26. The molecule has 14 heavy (non-hydrogen) atoms. The fourth-order valence-electron chi connectivity index (χ4n) is 1.37. The smallest absolute Gasteiger partial charge is 0.417 e. The molecule has 1 heterocycles. The molecule has 2 amide bonds. The molecular weight excluding hydrogens is 182 g/mol. The second-order valence-corrected chi connectivity index (χ2v) is 3.84. The highest BCUT2D eigenvalue weighted by atomic mass is 16.6. The van der Waals surface area contributed by atoms with Crippen LogP contribution in [0.4, 0.5) is 4.79 Å². The van der Waals surface area contributed by atoms with Crippen LogP contribution in [0, 0.1) is 5.92 Å². The quantitative estimate of drug-likeness (QED) is 0.631. The van der Waals surface area contributed by atoms with Crippen LogP contribution in [-0.4, -0.2) is 29.5 Å². The molecule has 1 fully saturated rings. The maximum absolute atomic E-state index is 11.6. The molecule has 1 aliphatic heterocycles. The van der Waals surface area contributed by atoms with Crippen LogP contribution in [0.2, 0.25) is 0 Å². The third kappa shape index (κ3) is 1.78. The van der Waals surface area contributed by atoms with E-state index in [0.29, 0.717) is 5.57 Å². The van der Waals surface area contributed by atoms with E-state index >= 15 is 0 Å². The average Bonchev–Trinajstić information content (AvgIpc) is 2.45. The fourth-order valence-corrected chi connectivity index (χ4v) is 1.37. The SMILES string of the molecule is C=C(C)C(=O)N1C(=O)OC[C@@H]1C(C)C. The lowest BCUT2D eigenvalue weighted by molar-refractivity contribution is -0.125. The zero-order chi connectivity index (χ0) is 10.9. The Morgan fingerprint density at radius 3 is 2.64 bits per heavy atom. The van der Waals surface area contributed by atoms with Crippen LogP contribution in [0.3, 0.4) is 0 Å². The lowest BCUT2D eigenvalue weighted by atomic mass is 10.0. The van der Waals surface area contributed by atoms with E-state index < -0.39 is 6.09 Å². The lowest BCUT2D eigenvalue weighted by Crippen LogP contribution is -2.42. The van der Waals surface area contributed by atoms with Crippen LogP contribution in [-0.2, 0) is 9.53 Å². The Kier molecular flexibility index (Phi) is 2.93. The van der Waals surface area contributed by atoms with Crippen molar-refractivity contribution in [2.24, 2.45) is 5.92 Å². The number of carbonyl (C=O) groups is 2. The molecule has 4 heteroatoms. The number of amides is 2. The normalized spacial score (nSPS) is 21.3. The van der Waals surface area contributed by atoms with Crippen LogP contribution in [0.15, 0.2) is 12.2 Å². The van der Waals surface area contributed by atoms with Crippen LogP contribution in [0.5, 0.6) is 0 Å². The zero-order valence-electron chi connectivity index (χ0n) is 8.74. The van der Waals surface area contributed by atoms with Gasteiger partial charge in [-0.3, -0.25) is 4.79 Å². The monoisotopic (exact) mass is 197 g/mol. The number of carbonyl (C=O) groups excluding carboxylic acids is 2. The molecule has 0 aromatic heterocycles. The van der Waals surface area contributed by atoms with E-state index in [0.717, 1.165) is 4.90 Å². The molecule has 78 valence electrons. The largest absolute Gasteiger partial charge is 0.447 e. The van der Waals surface area contributed by atoms with E-state index in [2.05, 4.69) is 6.58 Å². The summed E-state index contributed by atoms with van der Waals surface area (Å²) < 4.78 is 4.84. The molecule has 1 saturated heterocycles. The first kappa shape index (κ1) is 10.8. The Morgan fingerprint density at radius 2 is 2.21 bits per heavy atom. The second-order valence-electron chi connectivity index (χ2n) is 3.84. The van der Waals surface area contributed by atoms with Gasteiger partial charge < -0.3 is 4.74 Å². The average molecular weight is 197 g/mol. The van der Waals surface area contributed by atoms with Crippen molar-refractivity contribution in [3.8, 4) is 0 Å². The number of rotatable bonds is 2. The van der Waals surface area contributed by atoms with E-state index in [1.165, 1.54) is 0 Å². The summed E-state index contributed by atoms with van der Waals surface area (Å²) in [5, 5.41) is 0. The highest BCUT2D eigenvalue weighted by molar-refractivity contribution is 6.02. The van der Waals surface area contributed by atoms with Gasteiger partial charge in [-0.05, 0) is 12.8 Å². The van der Waals surface area contributed by atoms with Gasteiger partial charge in [0, 0.05) is 5.57 Å². The number of hydrogen-bond donors (Lipinski definition) is 0. The molecule has 0 aliphatic carbocycles. The molecule has 0 saturated carbocycles. The van der Waals surface area contributed by atoms with Crippen LogP contribution in [0.25, 0.3) is 0 Å². The summed E-state index contributed by atoms with van der Waals surface area (Å²) in [6, 6.07) is -0.160. The molecule has 1 aliphatic rings. The van der Waals surface area contributed by atoms with Crippen molar-refractivity contribution in [3.63, 3.8) is 0 Å². The number of hydrogen-bond acceptors (Lipinski definition) is 3. The fraction of sp³-hybridized carbons (Fsp3) is 0.600. The molecular formula is C10H15NO3. The predicted molar refractivity (Wildman–Crippen MR) is 51.6 cm³/mol. The van der Waals surface area contributed by atoms with Crippen molar-refractivity contribution in [3.05, 3.63) is 12.2 Å². The maximum atomic E-state index is 11.6. The van der Waals surface area contributed by atoms with Gasteiger partial charge in [0.1, 0.15) is 6.61 Å². The second kappa shape index (κ2) is 3.82. The molecule has 0 radical (unpaired) electrons. The topological polar surface area (TPSA) is 46.6 Å². The summed E-state index contributed by atoms with van der Waals surface area (Å²) in [6.45, 7) is 9.30. The minimum absolute atomic E-state index is 0.160. The van der Waals surface area contributed by atoms with Gasteiger partial charge >= 0.3 is 6.09 Å². The van der Waals surface area contributed by atoms with Gasteiger partial charge in [-0.15, -0.1) is 0 Å². The van der Waals surface area contributed by atoms with Crippen LogP contribution >= 0.6 is 0 Å². The Balaban J connectivity index is 2.87. The molecule has 1 atom stereocenters. The first-order valence-corrected chi connectivity index (χ1v) is 4.61. The van der Waals surface area contributed by atoms with Gasteiger partial charge in [-0.2, -0.15) is 0 Å². The third-order valence-corrected chi connectivity index (χ3v) is 2.26. The van der Waals surface area contributed by atoms with Gasteiger partial charge in [0.2, 0.25) is 0 Å². The first-order valence-electron chi connectivity index (χ1n) is 4.61. The number of nitrogens with zero attached hydrogens (tertiary/aromatic N) is 1. The Hall–Kier alpha value is -1.32. The van der Waals surface area contributed by atoms with Crippen molar-refractivity contribution in [1.29, 1.82) is 0 Å². The molecule has 0 aromatic rings. The van der Waals surface area contributed by atoms with Crippen LogP contribution in [0.1, 0.15) is 20.8 Å². The van der Waals surface area contributed by atoms with E-state index in [1.54, 1.807) is 6.92 Å². The number of cyclic esters (lactones) is 1. The Labute approximate surface area is 83.5 Å². The van der Waals surface area contributed by atoms with Gasteiger partial charge in [-0.1, -0.05) is 20.4 Å². The van der Waals surface area contributed by atoms with E-state index in [9.17, 15) is 9.59 Å². The zero-order valence-corrected chi connectivity index (χ0v) is 8.74. The summed E-state index contributed by atoms with van der Waals surface area (Å²) in [6.07, 6.45) is -0.559. The van der Waals surface area contributed by atoms with E-state index in [4.69, 9.17) is 4.74 Å². The Bertz CT molecular complexity index is 283. The van der Waals surface area contributed by atoms with Gasteiger partial charge in [0.25, 0.3) is 5.91 Å². The van der Waals surface area contributed by atoms with Crippen molar-refractivity contribution >= 4 is 12.0 Å². The summed E-state index contributed by atoms with van der Waals surface area (Å²) in [4.78, 5) is 24.0. The van der Waals surface area contributed by atoms with Gasteiger partial charge in [0.15, 0.2) is 0 Å². The van der Waals surface area contributed by atoms with Crippen molar-refractivity contribution in [2.75, 3.05) is 6.61 Å². The maximum Gasteiger partial charge on any atom is 0.417 e. The highest BCUT2D eigenvalue weighted by Crippen LogP contribution is 2.20. The summed E-state index contributed by atoms with van der Waals surface area (Å²) >= 11 is 0. The molecule has 0 spiro atoms. The standard InChI is InChI=1S/C10H15NO3/c1-6(2)8-5-14-10(13)11(8)9(12)7(3)4/h6,8H,3,5H2,1-2,4H3/t8-/m1/s1. The van der Waals surface area contributed by atoms with Crippen molar-refractivity contribution in [1.82, 2.24) is 4.90 Å². The Morgan fingerprint density at radius 1 is 1.64 bits per heavy atom. The summed E-state index contributed by atoms with van der Waals surface area (Å²) in [7, 11) is 0. The molecule has 1 rings (SSSR count). The molecule has 4 nitrogen and oxygen atoms in total. The van der Waals surface area contributed by atoms with E-state index in [1.807, 2.05) is 13.8 Å². The predicted octanol–water partition coefficient (Wildman–Crippen LogP) is 1.57. The molecule has 0 bridgehead atoms. The van der Waals surface area contributed by atoms with E-state index in [-0.39, 0.29) is 24.5 Å². The van der Waals surface area contributed by atoms with Crippen molar-refractivity contribution < 1.29 is 14.3 Å². The minimum Gasteiger partial charge on any atom is -0.447 e. The molecule has 0 unspecified atom stereocenters.